The van der Waals surface area contributed by atoms with Gasteiger partial charge in [0.2, 0.25) is 0 Å². The van der Waals surface area contributed by atoms with Crippen LogP contribution in [0.2, 0.25) is 0 Å². The number of rotatable bonds is 4. The Kier molecular flexibility index (Phi) is 4.43. The summed E-state index contributed by atoms with van der Waals surface area (Å²) in [6, 6.07) is 5.33. The number of hydrogen-bond acceptors (Lipinski definition) is 5. The zero-order chi connectivity index (χ0) is 19.1. The van der Waals surface area contributed by atoms with Crippen molar-refractivity contribution in [3.63, 3.8) is 0 Å². The summed E-state index contributed by atoms with van der Waals surface area (Å²) in [5.74, 6) is -1.65. The van der Waals surface area contributed by atoms with Crippen molar-refractivity contribution in [2.24, 2.45) is 13.0 Å². The SMILES string of the molecule is Cc1nn(C)c2nc(-c3cccs3)cc(C(=O)N[C@@H]3CCC[C@@H]3C(=O)O)c12. The van der Waals surface area contributed by atoms with Crippen LogP contribution in [-0.2, 0) is 11.8 Å². The molecule has 2 N–H and O–H groups in total. The molecule has 1 fully saturated rings. The lowest BCUT2D eigenvalue weighted by molar-refractivity contribution is -0.142. The Morgan fingerprint density at radius 2 is 2.19 bits per heavy atom. The molecule has 27 heavy (non-hydrogen) atoms. The number of carboxylic acid groups (broad SMARTS) is 1. The number of aliphatic carboxylic acids is 1. The molecule has 0 saturated heterocycles. The van der Waals surface area contributed by atoms with E-state index in [1.807, 2.05) is 24.4 Å². The smallest absolute Gasteiger partial charge is 0.308 e. The summed E-state index contributed by atoms with van der Waals surface area (Å²) < 4.78 is 1.67. The van der Waals surface area contributed by atoms with Gasteiger partial charge in [0.1, 0.15) is 0 Å². The van der Waals surface area contributed by atoms with Gasteiger partial charge in [0.15, 0.2) is 5.65 Å². The van der Waals surface area contributed by atoms with Crippen LogP contribution in [0.3, 0.4) is 0 Å². The quantitative estimate of drug-likeness (QED) is 0.721. The fourth-order valence-corrected chi connectivity index (χ4v) is 4.54. The minimum absolute atomic E-state index is 0.269. The normalized spacial score (nSPS) is 19.5. The van der Waals surface area contributed by atoms with E-state index in [1.165, 1.54) is 0 Å². The van der Waals surface area contributed by atoms with Crippen molar-refractivity contribution < 1.29 is 14.7 Å². The first-order chi connectivity index (χ1) is 13.0. The zero-order valence-electron chi connectivity index (χ0n) is 15.1. The summed E-state index contributed by atoms with van der Waals surface area (Å²) in [5.41, 5.74) is 2.57. The Morgan fingerprint density at radius 1 is 1.37 bits per heavy atom. The lowest BCUT2D eigenvalue weighted by atomic mass is 10.0. The number of aromatic nitrogens is 3. The number of pyridine rings is 1. The van der Waals surface area contributed by atoms with Crippen molar-refractivity contribution in [3.05, 3.63) is 34.8 Å². The van der Waals surface area contributed by atoms with Crippen molar-refractivity contribution >= 4 is 34.2 Å². The van der Waals surface area contributed by atoms with Gasteiger partial charge in [-0.3, -0.25) is 14.3 Å². The Labute approximate surface area is 160 Å². The van der Waals surface area contributed by atoms with E-state index in [1.54, 1.807) is 29.1 Å². The average Bonchev–Trinajstić information content (AvgIpc) is 3.36. The lowest BCUT2D eigenvalue weighted by Crippen LogP contribution is -2.40. The molecule has 4 rings (SSSR count). The van der Waals surface area contributed by atoms with E-state index in [-0.39, 0.29) is 11.9 Å². The molecule has 1 aliphatic rings. The number of nitrogens with one attached hydrogen (secondary N) is 1. The monoisotopic (exact) mass is 384 g/mol. The molecule has 0 unspecified atom stereocenters. The Bertz CT molecular complexity index is 1030. The van der Waals surface area contributed by atoms with E-state index >= 15 is 0 Å². The molecule has 7 nitrogen and oxygen atoms in total. The molecule has 140 valence electrons. The molecule has 0 spiro atoms. The summed E-state index contributed by atoms with van der Waals surface area (Å²) in [4.78, 5) is 30.2. The number of aryl methyl sites for hydroxylation is 2. The van der Waals surface area contributed by atoms with Crippen LogP contribution in [0, 0.1) is 12.8 Å². The fourth-order valence-electron chi connectivity index (χ4n) is 3.85. The third-order valence-electron chi connectivity index (χ3n) is 5.14. The van der Waals surface area contributed by atoms with Crippen LogP contribution in [0.1, 0.15) is 35.3 Å². The maximum Gasteiger partial charge on any atom is 0.308 e. The second-order valence-corrected chi connectivity index (χ2v) is 7.84. The van der Waals surface area contributed by atoms with Crippen molar-refractivity contribution in [1.82, 2.24) is 20.1 Å². The summed E-state index contributed by atoms with van der Waals surface area (Å²) >= 11 is 1.55. The highest BCUT2D eigenvalue weighted by Gasteiger charge is 2.34. The van der Waals surface area contributed by atoms with E-state index in [2.05, 4.69) is 10.4 Å². The molecular formula is C19H20N4O3S. The molecular weight excluding hydrogens is 364 g/mol. The number of amides is 1. The van der Waals surface area contributed by atoms with Crippen molar-refractivity contribution in [1.29, 1.82) is 0 Å². The van der Waals surface area contributed by atoms with Gasteiger partial charge in [0.05, 0.1) is 33.1 Å². The van der Waals surface area contributed by atoms with E-state index in [4.69, 9.17) is 4.98 Å². The van der Waals surface area contributed by atoms with Crippen LogP contribution >= 0.6 is 11.3 Å². The number of hydrogen-bond donors (Lipinski definition) is 2. The molecule has 0 aliphatic heterocycles. The minimum atomic E-state index is -0.852. The largest absolute Gasteiger partial charge is 0.481 e. The number of thiophene rings is 1. The number of carbonyl (C=O) groups is 2. The second-order valence-electron chi connectivity index (χ2n) is 6.90. The molecule has 8 heteroatoms. The predicted molar refractivity (Wildman–Crippen MR) is 103 cm³/mol. The molecule has 1 aliphatic carbocycles. The first-order valence-corrected chi connectivity index (χ1v) is 9.75. The summed E-state index contributed by atoms with van der Waals surface area (Å²) in [7, 11) is 1.81. The average molecular weight is 384 g/mol. The summed E-state index contributed by atoms with van der Waals surface area (Å²) in [5, 5.41) is 19.4. The third-order valence-corrected chi connectivity index (χ3v) is 6.03. The van der Waals surface area contributed by atoms with Crippen LogP contribution in [0.5, 0.6) is 0 Å². The molecule has 1 saturated carbocycles. The topological polar surface area (TPSA) is 97.1 Å². The molecule has 0 radical (unpaired) electrons. The van der Waals surface area contributed by atoms with Gasteiger partial charge in [-0.2, -0.15) is 5.10 Å². The van der Waals surface area contributed by atoms with E-state index < -0.39 is 11.9 Å². The van der Waals surface area contributed by atoms with Gasteiger partial charge in [0.25, 0.3) is 5.91 Å². The van der Waals surface area contributed by atoms with Crippen molar-refractivity contribution in [3.8, 4) is 10.6 Å². The first kappa shape index (κ1) is 17.7. The van der Waals surface area contributed by atoms with Gasteiger partial charge in [0, 0.05) is 13.1 Å². The van der Waals surface area contributed by atoms with E-state index in [0.29, 0.717) is 35.1 Å². The van der Waals surface area contributed by atoms with Crippen LogP contribution in [-0.4, -0.2) is 37.8 Å². The molecule has 0 aromatic carbocycles. The maximum absolute atomic E-state index is 13.1. The zero-order valence-corrected chi connectivity index (χ0v) is 15.9. The van der Waals surface area contributed by atoms with E-state index in [9.17, 15) is 14.7 Å². The molecule has 0 bridgehead atoms. The lowest BCUT2D eigenvalue weighted by Gasteiger charge is -2.18. The molecule has 3 aromatic heterocycles. The van der Waals surface area contributed by atoms with Gasteiger partial charge in [-0.15, -0.1) is 11.3 Å². The Balaban J connectivity index is 1.77. The second kappa shape index (κ2) is 6.77. The Hall–Kier alpha value is -2.74. The molecule has 2 atom stereocenters. The number of carboxylic acids is 1. The highest BCUT2D eigenvalue weighted by Crippen LogP contribution is 2.30. The molecule has 3 heterocycles. The summed E-state index contributed by atoms with van der Waals surface area (Å²) in [6.07, 6.45) is 2.08. The van der Waals surface area contributed by atoms with E-state index in [0.717, 1.165) is 17.0 Å². The molecule has 3 aromatic rings. The van der Waals surface area contributed by atoms with Crippen LogP contribution in [0.25, 0.3) is 21.6 Å². The van der Waals surface area contributed by atoms with Gasteiger partial charge >= 0.3 is 5.97 Å². The third kappa shape index (κ3) is 3.10. The van der Waals surface area contributed by atoms with Crippen LogP contribution in [0.4, 0.5) is 0 Å². The Morgan fingerprint density at radius 3 is 2.89 bits per heavy atom. The standard InChI is InChI=1S/C19H20N4O3S/c1-10-16-12(18(24)21-13-6-3-5-11(13)19(25)26)9-14(15-7-4-8-27-15)20-17(16)23(2)22-10/h4,7-9,11,13H,3,5-6H2,1-2H3,(H,21,24)(H,25,26)/t11-,13+/m0/s1. The molecule has 1 amide bonds. The number of fused-ring (bicyclic) bond motifs is 1. The minimum Gasteiger partial charge on any atom is -0.481 e. The summed E-state index contributed by atoms with van der Waals surface area (Å²) in [6.45, 7) is 1.85. The van der Waals surface area contributed by atoms with Gasteiger partial charge < -0.3 is 10.4 Å². The maximum atomic E-state index is 13.1. The van der Waals surface area contributed by atoms with Crippen LogP contribution in [0.15, 0.2) is 23.6 Å². The predicted octanol–water partition coefficient (Wildman–Crippen LogP) is 2.99. The van der Waals surface area contributed by atoms with Gasteiger partial charge in [-0.05, 0) is 37.3 Å². The number of nitrogens with zero attached hydrogens (tertiary/aromatic N) is 3. The highest BCUT2D eigenvalue weighted by atomic mass is 32.1. The first-order valence-electron chi connectivity index (χ1n) is 8.87. The fraction of sp³-hybridized carbons (Fsp3) is 0.368. The highest BCUT2D eigenvalue weighted by molar-refractivity contribution is 7.13. The van der Waals surface area contributed by atoms with Crippen molar-refractivity contribution in [2.45, 2.75) is 32.2 Å². The van der Waals surface area contributed by atoms with Crippen molar-refractivity contribution in [2.75, 3.05) is 0 Å². The van der Waals surface area contributed by atoms with Gasteiger partial charge in [-0.25, -0.2) is 4.98 Å². The van der Waals surface area contributed by atoms with Crippen LogP contribution < -0.4 is 5.32 Å². The van der Waals surface area contributed by atoms with Gasteiger partial charge in [-0.1, -0.05) is 12.5 Å². The number of carbonyl (C=O) groups excluding carboxylic acids is 1.